The first kappa shape index (κ1) is 25.4. The van der Waals surface area contributed by atoms with Gasteiger partial charge in [0, 0.05) is 6.42 Å². The molecule has 0 aromatic rings. The summed E-state index contributed by atoms with van der Waals surface area (Å²) in [5.41, 5.74) is 0. The third-order valence-electron chi connectivity index (χ3n) is 5.21. The fourth-order valence-electron chi connectivity index (χ4n) is 3.35. The van der Waals surface area contributed by atoms with Gasteiger partial charge in [0.25, 0.3) is 0 Å². The Morgan fingerprint density at radius 2 is 1.23 bits per heavy atom. The van der Waals surface area contributed by atoms with Gasteiger partial charge in [0.1, 0.15) is 0 Å². The zero-order valence-electron chi connectivity index (χ0n) is 17.5. The summed E-state index contributed by atoms with van der Waals surface area (Å²) in [4.78, 5) is 11.6. The molecule has 0 fully saturated rings. The number of aliphatic hydroxyl groups is 2. The van der Waals surface area contributed by atoms with E-state index in [0.29, 0.717) is 6.42 Å². The van der Waals surface area contributed by atoms with Crippen LogP contribution in [0.3, 0.4) is 0 Å². The minimum absolute atomic E-state index is 0.0678. The van der Waals surface area contributed by atoms with Gasteiger partial charge in [0.2, 0.25) is 5.91 Å². The maximum atomic E-state index is 11.6. The Morgan fingerprint density at radius 3 is 1.73 bits per heavy atom. The summed E-state index contributed by atoms with van der Waals surface area (Å²) in [5.74, 6) is 0.818. The number of unbranched alkanes of at least 4 members (excludes halogenated alkanes) is 10. The van der Waals surface area contributed by atoms with E-state index in [1.54, 1.807) is 0 Å². The van der Waals surface area contributed by atoms with Gasteiger partial charge in [-0.1, -0.05) is 97.3 Å². The standard InChI is InChI=1S/C22H45NO3/c1-3-4-5-9-12-15-20(2)16-13-10-7-6-8-11-14-17-22(26)23-21(18-24)19-25/h20-21,24-25H,3-19H2,1-2H3,(H,23,26)/t20-/m0/s1. The first-order valence-corrected chi connectivity index (χ1v) is 11.1. The lowest BCUT2D eigenvalue weighted by Crippen LogP contribution is -2.39. The van der Waals surface area contributed by atoms with Gasteiger partial charge in [-0.2, -0.15) is 0 Å². The lowest BCUT2D eigenvalue weighted by molar-refractivity contribution is -0.122. The Balaban J connectivity index is 3.31. The van der Waals surface area contributed by atoms with Crippen LogP contribution in [0.15, 0.2) is 0 Å². The van der Waals surface area contributed by atoms with Gasteiger partial charge in [-0.3, -0.25) is 4.79 Å². The Bertz CT molecular complexity index is 306. The average molecular weight is 372 g/mol. The Labute approximate surface area is 162 Å². The number of amides is 1. The summed E-state index contributed by atoms with van der Waals surface area (Å²) in [6, 6.07) is -0.513. The minimum Gasteiger partial charge on any atom is -0.394 e. The SMILES string of the molecule is CCCCCCC[C@H](C)CCCCCCCCCC(=O)NC(CO)CO. The van der Waals surface area contributed by atoms with Gasteiger partial charge >= 0.3 is 0 Å². The lowest BCUT2D eigenvalue weighted by Gasteiger charge is -2.13. The highest BCUT2D eigenvalue weighted by atomic mass is 16.3. The van der Waals surface area contributed by atoms with E-state index in [-0.39, 0.29) is 19.1 Å². The second-order valence-electron chi connectivity index (χ2n) is 7.95. The van der Waals surface area contributed by atoms with Crippen LogP contribution < -0.4 is 5.32 Å². The van der Waals surface area contributed by atoms with Crippen LogP contribution in [0.4, 0.5) is 0 Å². The molecule has 4 nitrogen and oxygen atoms in total. The van der Waals surface area contributed by atoms with Crippen molar-refractivity contribution in [3.05, 3.63) is 0 Å². The molecule has 0 aliphatic heterocycles. The van der Waals surface area contributed by atoms with Gasteiger partial charge in [-0.25, -0.2) is 0 Å². The van der Waals surface area contributed by atoms with E-state index in [4.69, 9.17) is 10.2 Å². The van der Waals surface area contributed by atoms with E-state index in [2.05, 4.69) is 19.2 Å². The fourth-order valence-corrected chi connectivity index (χ4v) is 3.35. The van der Waals surface area contributed by atoms with E-state index in [1.807, 2.05) is 0 Å². The molecule has 26 heavy (non-hydrogen) atoms. The zero-order valence-corrected chi connectivity index (χ0v) is 17.5. The van der Waals surface area contributed by atoms with Crippen LogP contribution in [0.25, 0.3) is 0 Å². The van der Waals surface area contributed by atoms with Crippen molar-refractivity contribution in [3.8, 4) is 0 Å². The highest BCUT2D eigenvalue weighted by molar-refractivity contribution is 5.76. The molecule has 0 aromatic heterocycles. The van der Waals surface area contributed by atoms with Crippen molar-refractivity contribution >= 4 is 5.91 Å². The molecule has 1 amide bonds. The van der Waals surface area contributed by atoms with Crippen LogP contribution in [-0.2, 0) is 4.79 Å². The van der Waals surface area contributed by atoms with E-state index in [9.17, 15) is 4.79 Å². The van der Waals surface area contributed by atoms with Crippen LogP contribution in [0.5, 0.6) is 0 Å². The van der Waals surface area contributed by atoms with Crippen molar-refractivity contribution in [3.63, 3.8) is 0 Å². The van der Waals surface area contributed by atoms with Gasteiger partial charge in [0.15, 0.2) is 0 Å². The molecule has 4 heteroatoms. The second-order valence-corrected chi connectivity index (χ2v) is 7.95. The third-order valence-corrected chi connectivity index (χ3v) is 5.21. The smallest absolute Gasteiger partial charge is 0.220 e. The third kappa shape index (κ3) is 16.8. The molecule has 0 bridgehead atoms. The van der Waals surface area contributed by atoms with Crippen molar-refractivity contribution in [1.29, 1.82) is 0 Å². The molecule has 0 aliphatic rings. The van der Waals surface area contributed by atoms with Crippen molar-refractivity contribution < 1.29 is 15.0 Å². The molecule has 156 valence electrons. The van der Waals surface area contributed by atoms with Gasteiger partial charge in [0.05, 0.1) is 19.3 Å². The maximum Gasteiger partial charge on any atom is 0.220 e. The summed E-state index contributed by atoms with van der Waals surface area (Å²) in [6.45, 7) is 4.26. The predicted molar refractivity (Wildman–Crippen MR) is 110 cm³/mol. The number of carbonyl (C=O) groups excluding carboxylic acids is 1. The Morgan fingerprint density at radius 1 is 0.769 bits per heavy atom. The summed E-state index contributed by atoms with van der Waals surface area (Å²) >= 11 is 0. The number of rotatable bonds is 19. The van der Waals surface area contributed by atoms with Gasteiger partial charge in [-0.15, -0.1) is 0 Å². The first-order valence-electron chi connectivity index (χ1n) is 11.1. The molecule has 0 aliphatic carbocycles. The first-order chi connectivity index (χ1) is 12.6. The number of nitrogens with one attached hydrogen (secondary N) is 1. The van der Waals surface area contributed by atoms with Crippen LogP contribution >= 0.6 is 0 Å². The fraction of sp³-hybridized carbons (Fsp3) is 0.955. The normalized spacial score (nSPS) is 12.5. The molecular weight excluding hydrogens is 326 g/mol. The van der Waals surface area contributed by atoms with Gasteiger partial charge < -0.3 is 15.5 Å². The molecule has 1 atom stereocenters. The van der Waals surface area contributed by atoms with Crippen LogP contribution in [-0.4, -0.2) is 35.4 Å². The summed E-state index contributed by atoms with van der Waals surface area (Å²) in [6.07, 6.45) is 18.7. The molecule has 0 unspecified atom stereocenters. The topological polar surface area (TPSA) is 69.6 Å². The molecule has 0 saturated heterocycles. The Hall–Kier alpha value is -0.610. The maximum absolute atomic E-state index is 11.6. The van der Waals surface area contributed by atoms with E-state index in [1.165, 1.54) is 77.0 Å². The molecule has 0 spiro atoms. The van der Waals surface area contributed by atoms with E-state index >= 15 is 0 Å². The van der Waals surface area contributed by atoms with Crippen molar-refractivity contribution in [2.75, 3.05) is 13.2 Å². The minimum atomic E-state index is -0.513. The van der Waals surface area contributed by atoms with Gasteiger partial charge in [-0.05, 0) is 12.3 Å². The molecule has 3 N–H and O–H groups in total. The molecular formula is C22H45NO3. The number of aliphatic hydroxyl groups excluding tert-OH is 2. The van der Waals surface area contributed by atoms with E-state index < -0.39 is 6.04 Å². The summed E-state index contributed by atoms with van der Waals surface area (Å²) < 4.78 is 0. The van der Waals surface area contributed by atoms with Crippen LogP contribution in [0.1, 0.15) is 110 Å². The monoisotopic (exact) mass is 371 g/mol. The van der Waals surface area contributed by atoms with Crippen LogP contribution in [0, 0.1) is 5.92 Å². The predicted octanol–water partition coefficient (Wildman–Crippen LogP) is 4.96. The summed E-state index contributed by atoms with van der Waals surface area (Å²) in [5, 5.41) is 20.5. The highest BCUT2D eigenvalue weighted by Gasteiger charge is 2.09. The molecule has 0 rings (SSSR count). The number of hydrogen-bond acceptors (Lipinski definition) is 3. The Kier molecular flexibility index (Phi) is 18.7. The van der Waals surface area contributed by atoms with Crippen molar-refractivity contribution in [1.82, 2.24) is 5.32 Å². The summed E-state index contributed by atoms with van der Waals surface area (Å²) in [7, 11) is 0. The number of hydrogen-bond donors (Lipinski definition) is 3. The molecule has 0 saturated carbocycles. The molecule has 0 aromatic carbocycles. The van der Waals surface area contributed by atoms with Crippen molar-refractivity contribution in [2.45, 2.75) is 116 Å². The van der Waals surface area contributed by atoms with Crippen molar-refractivity contribution in [2.24, 2.45) is 5.92 Å². The lowest BCUT2D eigenvalue weighted by atomic mass is 9.96. The zero-order chi connectivity index (χ0) is 19.5. The molecule has 0 heterocycles. The quantitative estimate of drug-likeness (QED) is 0.281. The number of carbonyl (C=O) groups is 1. The molecule has 0 radical (unpaired) electrons. The van der Waals surface area contributed by atoms with E-state index in [0.717, 1.165) is 18.8 Å². The largest absolute Gasteiger partial charge is 0.394 e. The van der Waals surface area contributed by atoms with Crippen LogP contribution in [0.2, 0.25) is 0 Å². The average Bonchev–Trinajstić information content (AvgIpc) is 2.64. The second kappa shape index (κ2) is 19.2. The highest BCUT2D eigenvalue weighted by Crippen LogP contribution is 2.18.